The average molecular weight is 347 g/mol. The molecule has 1 atom stereocenters. The first-order valence-electron chi connectivity index (χ1n) is 8.30. The van der Waals surface area contributed by atoms with Crippen LogP contribution in [-0.2, 0) is 11.3 Å². The number of halogens is 1. The molecule has 1 rings (SSSR count). The molecule has 0 amide bonds. The molecule has 0 saturated carbocycles. The van der Waals surface area contributed by atoms with E-state index in [0.29, 0.717) is 13.2 Å². The lowest BCUT2D eigenvalue weighted by Gasteiger charge is -2.23. The Morgan fingerprint density at radius 2 is 1.88 bits per heavy atom. The lowest BCUT2D eigenvalue weighted by Crippen LogP contribution is -2.46. The molecule has 6 nitrogen and oxygen atoms in total. The largest absolute Gasteiger partial charge is 0.383 e. The van der Waals surface area contributed by atoms with E-state index in [1.165, 1.54) is 12.1 Å². The summed E-state index contributed by atoms with van der Waals surface area (Å²) >= 11 is 0. The highest BCUT2D eigenvalue weighted by atomic mass is 19.1. The van der Waals surface area contributed by atoms with Crippen molar-refractivity contribution in [3.05, 3.63) is 35.6 Å². The number of rotatable bonds is 12. The molecule has 0 radical (unpaired) electrons. The molecule has 0 heterocycles. The van der Waals surface area contributed by atoms with Gasteiger partial charge in [0.05, 0.1) is 24.9 Å². The van der Waals surface area contributed by atoms with E-state index in [1.807, 2.05) is 12.1 Å². The molecule has 0 aliphatic rings. The van der Waals surface area contributed by atoms with Gasteiger partial charge in [-0.2, -0.15) is 10.5 Å². The van der Waals surface area contributed by atoms with Crippen LogP contribution in [0.1, 0.15) is 12.0 Å². The van der Waals surface area contributed by atoms with Crippen LogP contribution in [0, 0.1) is 34.4 Å². The van der Waals surface area contributed by atoms with Crippen LogP contribution in [0.25, 0.3) is 0 Å². The van der Waals surface area contributed by atoms with E-state index >= 15 is 0 Å². The van der Waals surface area contributed by atoms with Crippen LogP contribution in [0.4, 0.5) is 4.39 Å². The van der Waals surface area contributed by atoms with Gasteiger partial charge in [0.15, 0.2) is 5.92 Å². The van der Waals surface area contributed by atoms with Gasteiger partial charge in [0.2, 0.25) is 0 Å². The van der Waals surface area contributed by atoms with Crippen molar-refractivity contribution in [2.45, 2.75) is 19.1 Å². The van der Waals surface area contributed by atoms with Gasteiger partial charge in [0, 0.05) is 20.2 Å². The lowest BCUT2D eigenvalue weighted by molar-refractivity contribution is 0.142. The van der Waals surface area contributed by atoms with E-state index in [9.17, 15) is 4.39 Å². The second-order valence-corrected chi connectivity index (χ2v) is 5.71. The summed E-state index contributed by atoms with van der Waals surface area (Å²) in [5.74, 6) is -0.965. The Hall–Kier alpha value is -2.03. The van der Waals surface area contributed by atoms with Gasteiger partial charge in [-0.1, -0.05) is 12.1 Å². The van der Waals surface area contributed by atoms with Crippen LogP contribution in [0.3, 0.4) is 0 Å². The minimum absolute atomic E-state index is 0.237. The number of hydrogen-bond acceptors (Lipinski definition) is 6. The Morgan fingerprint density at radius 3 is 2.44 bits per heavy atom. The first-order valence-corrected chi connectivity index (χ1v) is 8.30. The predicted molar refractivity (Wildman–Crippen MR) is 93.7 cm³/mol. The molecule has 0 aliphatic heterocycles. The summed E-state index contributed by atoms with van der Waals surface area (Å²) in [7, 11) is 3.39. The first-order chi connectivity index (χ1) is 12.1. The zero-order valence-electron chi connectivity index (χ0n) is 14.8. The summed E-state index contributed by atoms with van der Waals surface area (Å²) < 4.78 is 18.2. The Labute approximate surface area is 149 Å². The number of nitriles is 2. The first kappa shape index (κ1) is 21.0. The quantitative estimate of drug-likeness (QED) is 0.440. The number of methoxy groups -OCH3 is 1. The van der Waals surface area contributed by atoms with Crippen LogP contribution >= 0.6 is 0 Å². The molecule has 1 unspecified atom stereocenters. The minimum atomic E-state index is -0.728. The zero-order valence-corrected chi connectivity index (χ0v) is 14.8. The number of benzene rings is 1. The minimum Gasteiger partial charge on any atom is -0.383 e. The van der Waals surface area contributed by atoms with Gasteiger partial charge < -0.3 is 10.1 Å². The molecule has 7 heteroatoms. The summed E-state index contributed by atoms with van der Waals surface area (Å²) in [6, 6.07) is 10.5. The normalized spacial score (nSPS) is 12.1. The number of ether oxygens (including phenoxy) is 1. The van der Waals surface area contributed by atoms with E-state index in [1.54, 1.807) is 26.3 Å². The third-order valence-electron chi connectivity index (χ3n) is 3.87. The monoisotopic (exact) mass is 347 g/mol. The molecule has 25 heavy (non-hydrogen) atoms. The summed E-state index contributed by atoms with van der Waals surface area (Å²) in [6.07, 6.45) is 0.506. The van der Waals surface area contributed by atoms with Crippen molar-refractivity contribution in [3.63, 3.8) is 0 Å². The Balaban J connectivity index is 2.46. The van der Waals surface area contributed by atoms with Crippen LogP contribution < -0.4 is 10.6 Å². The van der Waals surface area contributed by atoms with Gasteiger partial charge >= 0.3 is 0 Å². The molecule has 0 bridgehead atoms. The van der Waals surface area contributed by atoms with Crippen LogP contribution in [0.2, 0.25) is 0 Å². The van der Waals surface area contributed by atoms with Gasteiger partial charge in [0.25, 0.3) is 0 Å². The number of hydrogen-bond donors (Lipinski definition) is 2. The lowest BCUT2D eigenvalue weighted by atomic mass is 10.1. The highest BCUT2D eigenvalue weighted by Crippen LogP contribution is 2.07. The molecule has 1 aromatic carbocycles. The molecule has 136 valence electrons. The fourth-order valence-corrected chi connectivity index (χ4v) is 2.46. The van der Waals surface area contributed by atoms with Crippen LogP contribution in [0.5, 0.6) is 0 Å². The van der Waals surface area contributed by atoms with E-state index < -0.39 is 5.92 Å². The van der Waals surface area contributed by atoms with Gasteiger partial charge in [-0.3, -0.25) is 10.2 Å². The summed E-state index contributed by atoms with van der Waals surface area (Å²) in [5, 5.41) is 24.0. The van der Waals surface area contributed by atoms with Crippen molar-refractivity contribution in [3.8, 4) is 12.1 Å². The summed E-state index contributed by atoms with van der Waals surface area (Å²) in [6.45, 7) is 3.63. The average Bonchev–Trinajstić information content (AvgIpc) is 2.63. The Morgan fingerprint density at radius 1 is 1.20 bits per heavy atom. The number of nitrogens with one attached hydrogen (secondary N) is 2. The fraction of sp³-hybridized carbons (Fsp3) is 0.556. The van der Waals surface area contributed by atoms with Crippen molar-refractivity contribution in [2.24, 2.45) is 5.92 Å². The van der Waals surface area contributed by atoms with Gasteiger partial charge in [-0.15, -0.1) is 0 Å². The van der Waals surface area contributed by atoms with Crippen LogP contribution in [-0.4, -0.2) is 51.5 Å². The second-order valence-electron chi connectivity index (χ2n) is 5.71. The highest BCUT2D eigenvalue weighted by Gasteiger charge is 2.18. The summed E-state index contributed by atoms with van der Waals surface area (Å²) in [4.78, 5) is 2.23. The summed E-state index contributed by atoms with van der Waals surface area (Å²) in [5.41, 5.74) is 1.05. The topological polar surface area (TPSA) is 84.1 Å². The molecule has 2 N–H and O–H groups in total. The van der Waals surface area contributed by atoms with E-state index in [4.69, 9.17) is 15.3 Å². The van der Waals surface area contributed by atoms with Crippen molar-refractivity contribution in [1.82, 2.24) is 15.5 Å². The van der Waals surface area contributed by atoms with Gasteiger partial charge in [0.1, 0.15) is 5.82 Å². The molecule has 0 fully saturated rings. The third-order valence-corrected chi connectivity index (χ3v) is 3.87. The third kappa shape index (κ3) is 8.06. The molecule has 0 spiro atoms. The SMILES string of the molecule is CNC(NCCCN(CCOC)Cc1ccc(F)cc1)C(C#N)C#N. The van der Waals surface area contributed by atoms with Crippen molar-refractivity contribution in [1.29, 1.82) is 10.5 Å². The number of nitrogens with zero attached hydrogens (tertiary/aromatic N) is 3. The molecule has 0 saturated heterocycles. The van der Waals surface area contributed by atoms with E-state index in [-0.39, 0.29) is 12.0 Å². The van der Waals surface area contributed by atoms with Crippen molar-refractivity contribution < 1.29 is 9.13 Å². The van der Waals surface area contributed by atoms with Gasteiger partial charge in [-0.05, 0) is 44.3 Å². The molecular formula is C18H26FN5O. The maximum absolute atomic E-state index is 13.0. The van der Waals surface area contributed by atoms with Crippen LogP contribution in [0.15, 0.2) is 24.3 Å². The maximum Gasteiger partial charge on any atom is 0.161 e. The zero-order chi connectivity index (χ0) is 18.5. The van der Waals surface area contributed by atoms with E-state index in [2.05, 4.69) is 15.5 Å². The molecule has 1 aromatic rings. The smallest absolute Gasteiger partial charge is 0.161 e. The van der Waals surface area contributed by atoms with Gasteiger partial charge in [-0.25, -0.2) is 4.39 Å². The predicted octanol–water partition coefficient (Wildman–Crippen LogP) is 1.46. The van der Waals surface area contributed by atoms with Crippen molar-refractivity contribution in [2.75, 3.05) is 40.4 Å². The van der Waals surface area contributed by atoms with E-state index in [0.717, 1.165) is 31.6 Å². The maximum atomic E-state index is 13.0. The Kier molecular flexibility index (Phi) is 10.4. The standard InChI is InChI=1S/C18H26FN5O/c1-22-18(16(12-20)13-21)23-8-3-9-24(10-11-25-2)14-15-4-6-17(19)7-5-15/h4-7,16,18,22-23H,3,8-11,14H2,1-2H3. The van der Waals surface area contributed by atoms with Crippen molar-refractivity contribution >= 4 is 0 Å². The second kappa shape index (κ2) is 12.3. The molecular weight excluding hydrogens is 321 g/mol. The Bertz CT molecular complexity index is 552. The molecule has 0 aliphatic carbocycles. The fourth-order valence-electron chi connectivity index (χ4n) is 2.46. The molecule has 0 aromatic heterocycles. The highest BCUT2D eigenvalue weighted by molar-refractivity contribution is 5.15.